The maximum absolute atomic E-state index is 11.3. The largest absolute Gasteiger partial charge is 0.419 e. The molecular formula is C10H16BrNO2. The standard InChI is InChI=1S/C10H16BrNO2/c1-2-3-4-9(5-6-11)12-7-8-14-10(12)13/h7-9H,2-6H2,1H3/t9-/m0/s1. The Morgan fingerprint density at radius 2 is 2.36 bits per heavy atom. The van der Waals surface area contributed by atoms with Gasteiger partial charge in [0.05, 0.1) is 0 Å². The highest BCUT2D eigenvalue weighted by Crippen LogP contribution is 2.18. The number of halogens is 1. The van der Waals surface area contributed by atoms with Crippen molar-refractivity contribution in [2.24, 2.45) is 0 Å². The summed E-state index contributed by atoms with van der Waals surface area (Å²) in [6.07, 6.45) is 7.50. The predicted octanol–water partition coefficient (Wildman–Crippen LogP) is 2.96. The molecule has 3 nitrogen and oxygen atoms in total. The molecule has 0 amide bonds. The van der Waals surface area contributed by atoms with E-state index in [1.54, 1.807) is 10.8 Å². The minimum absolute atomic E-state index is 0.243. The quantitative estimate of drug-likeness (QED) is 0.739. The predicted molar refractivity (Wildman–Crippen MR) is 59.9 cm³/mol. The first kappa shape index (κ1) is 11.6. The summed E-state index contributed by atoms with van der Waals surface area (Å²) in [6.45, 7) is 2.16. The Labute approximate surface area is 92.2 Å². The van der Waals surface area contributed by atoms with E-state index >= 15 is 0 Å². The van der Waals surface area contributed by atoms with Crippen LogP contribution >= 0.6 is 15.9 Å². The fraction of sp³-hybridized carbons (Fsp3) is 0.700. The third-order valence-corrected chi connectivity index (χ3v) is 2.79. The normalized spacial score (nSPS) is 13.0. The molecule has 80 valence electrons. The Kier molecular flexibility index (Phi) is 5.01. The van der Waals surface area contributed by atoms with E-state index in [1.807, 2.05) is 0 Å². The summed E-state index contributed by atoms with van der Waals surface area (Å²) < 4.78 is 6.46. The molecule has 1 atom stereocenters. The number of unbranched alkanes of at least 4 members (excludes halogenated alkanes) is 1. The number of nitrogens with zero attached hydrogens (tertiary/aromatic N) is 1. The van der Waals surface area contributed by atoms with Crippen molar-refractivity contribution in [3.63, 3.8) is 0 Å². The minimum Gasteiger partial charge on any atom is -0.416 e. The third-order valence-electron chi connectivity index (χ3n) is 2.33. The van der Waals surface area contributed by atoms with Gasteiger partial charge >= 0.3 is 5.76 Å². The number of oxazole rings is 1. The third kappa shape index (κ3) is 3.01. The fourth-order valence-corrected chi connectivity index (χ4v) is 2.06. The molecule has 0 aliphatic carbocycles. The van der Waals surface area contributed by atoms with Crippen LogP contribution in [0.3, 0.4) is 0 Å². The van der Waals surface area contributed by atoms with Crippen molar-refractivity contribution in [1.29, 1.82) is 0 Å². The number of hydrogen-bond donors (Lipinski definition) is 0. The second kappa shape index (κ2) is 6.06. The molecule has 0 aromatic carbocycles. The second-order valence-corrected chi connectivity index (χ2v) is 4.14. The number of hydrogen-bond acceptors (Lipinski definition) is 2. The number of aromatic nitrogens is 1. The van der Waals surface area contributed by atoms with Crippen molar-refractivity contribution in [3.8, 4) is 0 Å². The van der Waals surface area contributed by atoms with Crippen molar-refractivity contribution < 1.29 is 4.42 Å². The summed E-state index contributed by atoms with van der Waals surface area (Å²) in [5.74, 6) is -0.243. The molecule has 14 heavy (non-hydrogen) atoms. The Morgan fingerprint density at radius 3 is 2.86 bits per heavy atom. The maximum atomic E-state index is 11.3. The molecule has 0 saturated heterocycles. The van der Waals surface area contributed by atoms with Crippen molar-refractivity contribution in [1.82, 2.24) is 4.57 Å². The van der Waals surface area contributed by atoms with Crippen molar-refractivity contribution in [2.75, 3.05) is 5.33 Å². The van der Waals surface area contributed by atoms with Crippen LogP contribution < -0.4 is 5.76 Å². The first-order valence-electron chi connectivity index (χ1n) is 5.01. The summed E-state index contributed by atoms with van der Waals surface area (Å²) in [6, 6.07) is 0.278. The van der Waals surface area contributed by atoms with Crippen LogP contribution in [0.4, 0.5) is 0 Å². The zero-order valence-corrected chi connectivity index (χ0v) is 10.00. The smallest absolute Gasteiger partial charge is 0.416 e. The highest BCUT2D eigenvalue weighted by molar-refractivity contribution is 9.09. The Bertz CT molecular complexity index is 305. The summed E-state index contributed by atoms with van der Waals surface area (Å²) in [5, 5.41) is 0.916. The molecule has 1 heterocycles. The van der Waals surface area contributed by atoms with Gasteiger partial charge in [0.15, 0.2) is 0 Å². The highest BCUT2D eigenvalue weighted by atomic mass is 79.9. The Morgan fingerprint density at radius 1 is 1.57 bits per heavy atom. The van der Waals surface area contributed by atoms with E-state index in [0.717, 1.165) is 31.0 Å². The lowest BCUT2D eigenvalue weighted by atomic mass is 10.1. The van der Waals surface area contributed by atoms with Gasteiger partial charge in [-0.05, 0) is 12.8 Å². The Hall–Kier alpha value is -0.510. The van der Waals surface area contributed by atoms with Crippen molar-refractivity contribution in [3.05, 3.63) is 23.0 Å². The molecule has 1 aromatic rings. The molecule has 4 heteroatoms. The summed E-state index contributed by atoms with van der Waals surface area (Å²) in [4.78, 5) is 11.3. The van der Waals surface area contributed by atoms with Gasteiger partial charge in [-0.3, -0.25) is 4.57 Å². The zero-order valence-electron chi connectivity index (χ0n) is 8.41. The molecule has 0 radical (unpaired) electrons. The van der Waals surface area contributed by atoms with Crippen LogP contribution in [0.25, 0.3) is 0 Å². The molecule has 1 rings (SSSR count). The number of rotatable bonds is 6. The van der Waals surface area contributed by atoms with E-state index in [2.05, 4.69) is 22.9 Å². The molecule has 0 aliphatic rings. The number of alkyl halides is 1. The van der Waals surface area contributed by atoms with Crippen LogP contribution in [-0.4, -0.2) is 9.90 Å². The van der Waals surface area contributed by atoms with Gasteiger partial charge in [0.25, 0.3) is 0 Å². The molecule has 0 bridgehead atoms. The van der Waals surface area contributed by atoms with Crippen LogP contribution in [0, 0.1) is 0 Å². The molecule has 0 fully saturated rings. The van der Waals surface area contributed by atoms with E-state index in [-0.39, 0.29) is 11.8 Å². The van der Waals surface area contributed by atoms with Crippen LogP contribution in [0.15, 0.2) is 21.7 Å². The van der Waals surface area contributed by atoms with E-state index in [4.69, 9.17) is 4.42 Å². The Balaban J connectivity index is 2.67. The molecule has 0 N–H and O–H groups in total. The van der Waals surface area contributed by atoms with Gasteiger partial charge in [0.2, 0.25) is 0 Å². The lowest BCUT2D eigenvalue weighted by Gasteiger charge is -2.14. The first-order chi connectivity index (χ1) is 6.79. The van der Waals surface area contributed by atoms with Crippen LogP contribution in [0.2, 0.25) is 0 Å². The summed E-state index contributed by atoms with van der Waals surface area (Å²) >= 11 is 3.41. The average molecular weight is 262 g/mol. The monoisotopic (exact) mass is 261 g/mol. The lowest BCUT2D eigenvalue weighted by molar-refractivity contribution is 0.391. The van der Waals surface area contributed by atoms with Crippen LogP contribution in [-0.2, 0) is 0 Å². The second-order valence-electron chi connectivity index (χ2n) is 3.35. The average Bonchev–Trinajstić information content (AvgIpc) is 2.59. The molecular weight excluding hydrogens is 246 g/mol. The molecule has 0 saturated carbocycles. The van der Waals surface area contributed by atoms with Gasteiger partial charge in [-0.25, -0.2) is 4.79 Å². The molecule has 0 spiro atoms. The fourth-order valence-electron chi connectivity index (χ4n) is 1.53. The molecule has 0 aliphatic heterocycles. The lowest BCUT2D eigenvalue weighted by Crippen LogP contribution is -2.20. The van der Waals surface area contributed by atoms with Gasteiger partial charge in [0.1, 0.15) is 6.26 Å². The first-order valence-corrected chi connectivity index (χ1v) is 6.13. The molecule has 0 unspecified atom stereocenters. The molecule has 1 aromatic heterocycles. The maximum Gasteiger partial charge on any atom is 0.419 e. The van der Waals surface area contributed by atoms with Crippen molar-refractivity contribution in [2.45, 2.75) is 38.6 Å². The van der Waals surface area contributed by atoms with Gasteiger partial charge in [0, 0.05) is 17.6 Å². The van der Waals surface area contributed by atoms with Crippen molar-refractivity contribution >= 4 is 15.9 Å². The van der Waals surface area contributed by atoms with E-state index < -0.39 is 0 Å². The van der Waals surface area contributed by atoms with E-state index in [9.17, 15) is 4.79 Å². The summed E-state index contributed by atoms with van der Waals surface area (Å²) in [5.41, 5.74) is 0. The topological polar surface area (TPSA) is 35.1 Å². The van der Waals surface area contributed by atoms with Crippen LogP contribution in [0.5, 0.6) is 0 Å². The highest BCUT2D eigenvalue weighted by Gasteiger charge is 2.12. The van der Waals surface area contributed by atoms with Gasteiger partial charge in [-0.15, -0.1) is 0 Å². The van der Waals surface area contributed by atoms with E-state index in [1.165, 1.54) is 6.26 Å². The SMILES string of the molecule is CCCC[C@@H](CCBr)n1ccoc1=O. The van der Waals surface area contributed by atoms with Gasteiger partial charge < -0.3 is 4.42 Å². The minimum atomic E-state index is -0.243. The van der Waals surface area contributed by atoms with Gasteiger partial charge in [-0.1, -0.05) is 35.7 Å². The zero-order chi connectivity index (χ0) is 10.4. The van der Waals surface area contributed by atoms with E-state index in [0.29, 0.717) is 0 Å². The van der Waals surface area contributed by atoms with Crippen LogP contribution in [0.1, 0.15) is 38.6 Å². The summed E-state index contributed by atoms with van der Waals surface area (Å²) in [7, 11) is 0. The van der Waals surface area contributed by atoms with Gasteiger partial charge in [-0.2, -0.15) is 0 Å².